The summed E-state index contributed by atoms with van der Waals surface area (Å²) in [6.07, 6.45) is 11.2. The highest BCUT2D eigenvalue weighted by Gasteiger charge is 2.44. The van der Waals surface area contributed by atoms with Crippen molar-refractivity contribution in [3.05, 3.63) is 113 Å². The van der Waals surface area contributed by atoms with Crippen LogP contribution in [0.2, 0.25) is 0 Å². The van der Waals surface area contributed by atoms with Crippen LogP contribution in [-0.2, 0) is 0 Å². The van der Waals surface area contributed by atoms with Crippen molar-refractivity contribution in [1.82, 2.24) is 0 Å². The van der Waals surface area contributed by atoms with Crippen LogP contribution in [0.5, 0.6) is 23.0 Å². The number of allylic oxidation sites excluding steroid dienone is 4. The van der Waals surface area contributed by atoms with Gasteiger partial charge in [0, 0.05) is 17.2 Å². The van der Waals surface area contributed by atoms with Crippen molar-refractivity contribution in [3.8, 4) is 45.3 Å². The first-order valence-electron chi connectivity index (χ1n) is 15.7. The van der Waals surface area contributed by atoms with Crippen LogP contribution in [0.15, 0.2) is 96.0 Å². The lowest BCUT2D eigenvalue weighted by Crippen LogP contribution is -2.47. The van der Waals surface area contributed by atoms with Gasteiger partial charge >= 0.3 is 0 Å². The molecule has 2 aliphatic heterocycles. The molecule has 232 valence electrons. The molecule has 1 atom stereocenters. The Bertz CT molecular complexity index is 1950. The molecule has 4 aromatic rings. The number of hydrogen-bond donors (Lipinski definition) is 0. The average molecular weight is 612 g/mol. The van der Waals surface area contributed by atoms with Crippen LogP contribution in [0.25, 0.3) is 39.6 Å². The quantitative estimate of drug-likeness (QED) is 0.188. The molecule has 0 radical (unpaired) electrons. The van der Waals surface area contributed by atoms with Gasteiger partial charge in [0.05, 0.1) is 47.6 Å². The Morgan fingerprint density at radius 1 is 0.652 bits per heavy atom. The van der Waals surface area contributed by atoms with Crippen molar-refractivity contribution >= 4 is 23.2 Å². The number of methoxy groups -OCH3 is 4. The summed E-state index contributed by atoms with van der Waals surface area (Å²) < 4.78 is 24.0. The van der Waals surface area contributed by atoms with Gasteiger partial charge in [-0.05, 0) is 88.7 Å². The van der Waals surface area contributed by atoms with E-state index in [1.165, 1.54) is 16.7 Å². The van der Waals surface area contributed by atoms with Crippen molar-refractivity contribution in [2.75, 3.05) is 48.6 Å². The second-order valence-corrected chi connectivity index (χ2v) is 12.0. The SMILES string of the molecule is COc1cc2c(cc1OC)C1=NCC[N+]1(C)C(c1cc(OC)c(OC)c(-c3cc(C4=CCCC=C4)cc(-c4ccccc4)c3)c1)=C2. The first-order chi connectivity index (χ1) is 22.5. The van der Waals surface area contributed by atoms with Gasteiger partial charge in [-0.25, -0.2) is 9.48 Å². The highest BCUT2D eigenvalue weighted by molar-refractivity contribution is 6.07. The van der Waals surface area contributed by atoms with Crippen LogP contribution >= 0.6 is 0 Å². The molecule has 0 fully saturated rings. The topological polar surface area (TPSA) is 49.3 Å². The largest absolute Gasteiger partial charge is 0.493 e. The molecule has 1 aliphatic carbocycles. The summed E-state index contributed by atoms with van der Waals surface area (Å²) in [5, 5.41) is 0. The summed E-state index contributed by atoms with van der Waals surface area (Å²) in [5.74, 6) is 3.80. The van der Waals surface area contributed by atoms with E-state index in [2.05, 4.69) is 92.0 Å². The van der Waals surface area contributed by atoms with Crippen molar-refractivity contribution in [1.29, 1.82) is 0 Å². The van der Waals surface area contributed by atoms with E-state index in [1.54, 1.807) is 28.4 Å². The fraction of sp³-hybridized carbons (Fsp3) is 0.225. The third-order valence-electron chi connectivity index (χ3n) is 9.35. The molecule has 6 heteroatoms. The van der Waals surface area contributed by atoms with Gasteiger partial charge in [0.25, 0.3) is 0 Å². The Morgan fingerprint density at radius 3 is 2.11 bits per heavy atom. The maximum Gasteiger partial charge on any atom is 0.236 e. The molecular formula is C40H39N2O4+. The van der Waals surface area contributed by atoms with E-state index in [0.29, 0.717) is 27.5 Å². The molecule has 6 nitrogen and oxygen atoms in total. The Kier molecular flexibility index (Phi) is 7.75. The Labute approximate surface area is 271 Å². The van der Waals surface area contributed by atoms with Crippen molar-refractivity contribution < 1.29 is 23.4 Å². The third kappa shape index (κ3) is 4.99. The zero-order valence-electron chi connectivity index (χ0n) is 27.1. The van der Waals surface area contributed by atoms with E-state index >= 15 is 0 Å². The first kappa shape index (κ1) is 29.6. The van der Waals surface area contributed by atoms with Crippen LogP contribution in [0.1, 0.15) is 35.1 Å². The fourth-order valence-electron chi connectivity index (χ4n) is 6.97. The van der Waals surface area contributed by atoms with E-state index in [1.807, 2.05) is 12.1 Å². The van der Waals surface area contributed by atoms with E-state index in [4.69, 9.17) is 23.9 Å². The molecule has 0 aromatic heterocycles. The maximum absolute atomic E-state index is 6.09. The summed E-state index contributed by atoms with van der Waals surface area (Å²) >= 11 is 0. The molecule has 4 aromatic carbocycles. The number of rotatable bonds is 8. The Morgan fingerprint density at radius 2 is 1.39 bits per heavy atom. The minimum absolute atomic E-state index is 0.574. The molecule has 0 bridgehead atoms. The molecule has 1 unspecified atom stereocenters. The minimum atomic E-state index is 0.574. The summed E-state index contributed by atoms with van der Waals surface area (Å²) in [7, 11) is 9.00. The summed E-state index contributed by atoms with van der Waals surface area (Å²) in [6.45, 7) is 1.59. The zero-order valence-corrected chi connectivity index (χ0v) is 27.1. The molecular weight excluding hydrogens is 572 g/mol. The Balaban J connectivity index is 1.46. The van der Waals surface area contributed by atoms with Crippen LogP contribution in [0.4, 0.5) is 0 Å². The fourth-order valence-corrected chi connectivity index (χ4v) is 6.97. The molecule has 7 rings (SSSR count). The summed E-state index contributed by atoms with van der Waals surface area (Å²) in [4.78, 5) is 5.03. The van der Waals surface area contributed by atoms with Crippen LogP contribution in [-0.4, -0.2) is 58.9 Å². The molecule has 3 aliphatic rings. The van der Waals surface area contributed by atoms with Gasteiger partial charge in [0.15, 0.2) is 23.0 Å². The molecule has 0 N–H and O–H groups in total. The predicted octanol–water partition coefficient (Wildman–Crippen LogP) is 8.51. The van der Waals surface area contributed by atoms with Gasteiger partial charge in [-0.3, -0.25) is 0 Å². The molecule has 2 heterocycles. The lowest BCUT2D eigenvalue weighted by molar-refractivity contribution is -0.735. The van der Waals surface area contributed by atoms with Gasteiger partial charge < -0.3 is 18.9 Å². The first-order valence-corrected chi connectivity index (χ1v) is 15.7. The lowest BCUT2D eigenvalue weighted by Gasteiger charge is -2.36. The van der Waals surface area contributed by atoms with Crippen LogP contribution < -0.4 is 18.9 Å². The summed E-state index contributed by atoms with van der Waals surface area (Å²) in [6, 6.07) is 25.8. The average Bonchev–Trinajstić information content (AvgIpc) is 3.53. The second kappa shape index (κ2) is 12.0. The monoisotopic (exact) mass is 611 g/mol. The van der Waals surface area contributed by atoms with Gasteiger partial charge in [-0.1, -0.05) is 48.6 Å². The number of aliphatic imine (C=N–C) groups is 1. The second-order valence-electron chi connectivity index (χ2n) is 12.0. The number of fused-ring (bicyclic) bond motifs is 3. The minimum Gasteiger partial charge on any atom is -0.493 e. The highest BCUT2D eigenvalue weighted by atomic mass is 16.5. The molecule has 0 spiro atoms. The number of amidine groups is 1. The van der Waals surface area contributed by atoms with E-state index in [0.717, 1.165) is 70.8 Å². The molecule has 46 heavy (non-hydrogen) atoms. The molecule has 0 saturated heterocycles. The van der Waals surface area contributed by atoms with Crippen LogP contribution in [0.3, 0.4) is 0 Å². The van der Waals surface area contributed by atoms with Crippen LogP contribution in [0, 0.1) is 0 Å². The number of hydrogen-bond acceptors (Lipinski definition) is 5. The summed E-state index contributed by atoms with van der Waals surface area (Å²) in [5.41, 5.74) is 11.1. The number of nitrogens with zero attached hydrogens (tertiary/aromatic N) is 2. The normalized spacial score (nSPS) is 18.2. The number of quaternary nitrogens is 1. The smallest absolute Gasteiger partial charge is 0.236 e. The van der Waals surface area contributed by atoms with E-state index in [-0.39, 0.29) is 0 Å². The van der Waals surface area contributed by atoms with Gasteiger partial charge in [-0.15, -0.1) is 0 Å². The Hall–Kier alpha value is -5.07. The zero-order chi connectivity index (χ0) is 31.8. The predicted molar refractivity (Wildman–Crippen MR) is 187 cm³/mol. The van der Waals surface area contributed by atoms with Gasteiger partial charge in [-0.2, -0.15) is 0 Å². The highest BCUT2D eigenvalue weighted by Crippen LogP contribution is 2.47. The number of ether oxygens (including phenoxy) is 4. The van der Waals surface area contributed by atoms with Crippen molar-refractivity contribution in [2.24, 2.45) is 4.99 Å². The van der Waals surface area contributed by atoms with E-state index in [9.17, 15) is 0 Å². The lowest BCUT2D eigenvalue weighted by atomic mass is 9.89. The molecule has 0 saturated carbocycles. The van der Waals surface area contributed by atoms with Gasteiger partial charge in [0.1, 0.15) is 12.2 Å². The standard InChI is InChI=1S/C40H39N2O4/c1-42-17-16-41-40(42)34-25-37(44-3)36(43-2)23-31(34)22-35(42)32-21-33(39(46-5)38(24-32)45-4)30-19-28(26-12-8-6-9-13-26)18-29(20-30)27-14-10-7-11-15-27/h6,8-10,12-15,18-25H,7,11,16-17H2,1-5H3/q+1. The molecule has 0 amide bonds. The maximum atomic E-state index is 6.09. The van der Waals surface area contributed by atoms with Crippen molar-refractivity contribution in [3.63, 3.8) is 0 Å². The van der Waals surface area contributed by atoms with Gasteiger partial charge in [0.2, 0.25) is 5.84 Å². The third-order valence-corrected chi connectivity index (χ3v) is 9.35. The van der Waals surface area contributed by atoms with E-state index < -0.39 is 0 Å². The number of likely N-dealkylation sites (N-methyl/N-ethyl adjacent to an activating group) is 1. The van der Waals surface area contributed by atoms with Crippen molar-refractivity contribution in [2.45, 2.75) is 12.8 Å². The number of benzene rings is 4.